The molecule has 0 radical (unpaired) electrons. The SMILES string of the molecule is CCc1c(C)nc2nc(-c3ccco3)nn2c1N1CCN(c2cc(Cl)ccc2C)CC1. The van der Waals surface area contributed by atoms with Crippen molar-refractivity contribution in [1.29, 1.82) is 0 Å². The van der Waals surface area contributed by atoms with Gasteiger partial charge >= 0.3 is 0 Å². The molecule has 0 atom stereocenters. The zero-order chi connectivity index (χ0) is 21.5. The van der Waals surface area contributed by atoms with Gasteiger partial charge < -0.3 is 14.2 Å². The van der Waals surface area contributed by atoms with Crippen LogP contribution in [-0.2, 0) is 6.42 Å². The fraction of sp³-hybridized carbons (Fsp3) is 0.348. The highest BCUT2D eigenvalue weighted by Crippen LogP contribution is 2.30. The highest BCUT2D eigenvalue weighted by Gasteiger charge is 2.25. The molecular weight excluding hydrogens is 412 g/mol. The lowest BCUT2D eigenvalue weighted by atomic mass is 10.1. The van der Waals surface area contributed by atoms with Crippen LogP contribution in [0.15, 0.2) is 41.0 Å². The Labute approximate surface area is 186 Å². The Morgan fingerprint density at radius 2 is 1.81 bits per heavy atom. The van der Waals surface area contributed by atoms with Crippen LogP contribution >= 0.6 is 11.6 Å². The van der Waals surface area contributed by atoms with Gasteiger partial charge in [0.15, 0.2) is 5.76 Å². The van der Waals surface area contributed by atoms with Gasteiger partial charge in [0, 0.05) is 48.1 Å². The van der Waals surface area contributed by atoms with Crippen molar-refractivity contribution < 1.29 is 4.42 Å². The molecule has 0 saturated carbocycles. The number of piperazine rings is 1. The Balaban J connectivity index is 1.50. The summed E-state index contributed by atoms with van der Waals surface area (Å²) in [6, 6.07) is 9.80. The summed E-state index contributed by atoms with van der Waals surface area (Å²) in [5.41, 5.74) is 4.65. The third-order valence-electron chi connectivity index (χ3n) is 5.95. The van der Waals surface area contributed by atoms with Crippen LogP contribution in [0.2, 0.25) is 5.02 Å². The fourth-order valence-electron chi connectivity index (χ4n) is 4.36. The molecule has 7 nitrogen and oxygen atoms in total. The molecule has 0 aliphatic carbocycles. The average molecular weight is 437 g/mol. The molecule has 1 fully saturated rings. The van der Waals surface area contributed by atoms with Crippen molar-refractivity contribution in [3.05, 3.63) is 58.4 Å². The first-order valence-electron chi connectivity index (χ1n) is 10.6. The molecule has 160 valence electrons. The van der Waals surface area contributed by atoms with Crippen molar-refractivity contribution >= 4 is 28.9 Å². The van der Waals surface area contributed by atoms with Crippen LogP contribution in [-0.4, -0.2) is 45.8 Å². The van der Waals surface area contributed by atoms with Crippen molar-refractivity contribution in [3.63, 3.8) is 0 Å². The lowest BCUT2D eigenvalue weighted by Gasteiger charge is -2.38. The number of rotatable bonds is 4. The van der Waals surface area contributed by atoms with E-state index in [-0.39, 0.29) is 0 Å². The molecule has 31 heavy (non-hydrogen) atoms. The van der Waals surface area contributed by atoms with E-state index in [9.17, 15) is 0 Å². The Kier molecular flexibility index (Phi) is 5.06. The lowest BCUT2D eigenvalue weighted by molar-refractivity contribution is 0.577. The molecule has 5 rings (SSSR count). The minimum Gasteiger partial charge on any atom is -0.461 e. The molecule has 0 bridgehead atoms. The van der Waals surface area contributed by atoms with Gasteiger partial charge in [0.2, 0.25) is 5.82 Å². The van der Waals surface area contributed by atoms with Crippen LogP contribution in [0.25, 0.3) is 17.4 Å². The van der Waals surface area contributed by atoms with Crippen molar-refractivity contribution in [2.24, 2.45) is 0 Å². The molecular formula is C23H25ClN6O. The number of aryl methyl sites for hydroxylation is 2. The average Bonchev–Trinajstić information content (AvgIpc) is 3.44. The maximum Gasteiger partial charge on any atom is 0.255 e. The van der Waals surface area contributed by atoms with E-state index < -0.39 is 0 Å². The molecule has 1 aromatic carbocycles. The van der Waals surface area contributed by atoms with Crippen LogP contribution in [0.1, 0.15) is 23.7 Å². The zero-order valence-electron chi connectivity index (χ0n) is 18.0. The summed E-state index contributed by atoms with van der Waals surface area (Å²) in [5, 5.41) is 5.53. The van der Waals surface area contributed by atoms with Gasteiger partial charge in [-0.25, -0.2) is 4.98 Å². The second-order valence-electron chi connectivity index (χ2n) is 7.88. The summed E-state index contributed by atoms with van der Waals surface area (Å²) in [7, 11) is 0. The van der Waals surface area contributed by atoms with Gasteiger partial charge in [-0.05, 0) is 50.1 Å². The Bertz CT molecular complexity index is 1220. The Morgan fingerprint density at radius 1 is 1.03 bits per heavy atom. The summed E-state index contributed by atoms with van der Waals surface area (Å²) in [5.74, 6) is 2.88. The van der Waals surface area contributed by atoms with Crippen molar-refractivity contribution in [2.45, 2.75) is 27.2 Å². The lowest BCUT2D eigenvalue weighted by Crippen LogP contribution is -2.47. The van der Waals surface area contributed by atoms with Crippen molar-refractivity contribution in [2.75, 3.05) is 36.0 Å². The number of anilines is 2. The summed E-state index contributed by atoms with van der Waals surface area (Å²) in [4.78, 5) is 14.1. The first-order chi connectivity index (χ1) is 15.0. The summed E-state index contributed by atoms with van der Waals surface area (Å²) in [6.07, 6.45) is 2.52. The van der Waals surface area contributed by atoms with E-state index >= 15 is 0 Å². The van der Waals surface area contributed by atoms with Crippen LogP contribution in [0, 0.1) is 13.8 Å². The van der Waals surface area contributed by atoms with Crippen molar-refractivity contribution in [1.82, 2.24) is 19.6 Å². The summed E-state index contributed by atoms with van der Waals surface area (Å²) < 4.78 is 7.39. The molecule has 4 heterocycles. The van der Waals surface area contributed by atoms with E-state index in [1.54, 1.807) is 6.26 Å². The number of hydrogen-bond acceptors (Lipinski definition) is 6. The molecule has 1 aliphatic rings. The summed E-state index contributed by atoms with van der Waals surface area (Å²) >= 11 is 6.26. The minimum absolute atomic E-state index is 0.555. The second-order valence-corrected chi connectivity index (χ2v) is 8.32. The van der Waals surface area contributed by atoms with Crippen LogP contribution in [0.3, 0.4) is 0 Å². The number of furan rings is 1. The molecule has 8 heteroatoms. The van der Waals surface area contributed by atoms with Gasteiger partial charge in [-0.1, -0.05) is 24.6 Å². The molecule has 1 saturated heterocycles. The first-order valence-corrected chi connectivity index (χ1v) is 11.0. The Morgan fingerprint density at radius 3 is 2.52 bits per heavy atom. The van der Waals surface area contributed by atoms with Crippen LogP contribution in [0.4, 0.5) is 11.5 Å². The van der Waals surface area contributed by atoms with E-state index in [1.165, 1.54) is 16.8 Å². The third kappa shape index (κ3) is 3.53. The van der Waals surface area contributed by atoms with E-state index in [0.717, 1.165) is 49.1 Å². The zero-order valence-corrected chi connectivity index (χ0v) is 18.7. The highest BCUT2D eigenvalue weighted by atomic mass is 35.5. The van der Waals surface area contributed by atoms with Gasteiger partial charge in [-0.2, -0.15) is 9.50 Å². The molecule has 0 amide bonds. The molecule has 0 spiro atoms. The molecule has 3 aromatic heterocycles. The predicted octanol–water partition coefficient (Wildman–Crippen LogP) is 4.54. The highest BCUT2D eigenvalue weighted by molar-refractivity contribution is 6.30. The van der Waals surface area contributed by atoms with E-state index in [1.807, 2.05) is 22.7 Å². The molecule has 0 N–H and O–H groups in total. The van der Waals surface area contributed by atoms with Crippen LogP contribution in [0.5, 0.6) is 0 Å². The van der Waals surface area contributed by atoms with Gasteiger partial charge in [0.05, 0.1) is 6.26 Å². The normalized spacial score (nSPS) is 14.6. The smallest absolute Gasteiger partial charge is 0.255 e. The minimum atomic E-state index is 0.555. The van der Waals surface area contributed by atoms with Gasteiger partial charge in [0.25, 0.3) is 5.78 Å². The number of halogens is 1. The maximum atomic E-state index is 6.26. The van der Waals surface area contributed by atoms with E-state index in [0.29, 0.717) is 17.4 Å². The fourth-order valence-corrected chi connectivity index (χ4v) is 4.52. The maximum absolute atomic E-state index is 6.26. The number of hydrogen-bond donors (Lipinski definition) is 0. The van der Waals surface area contributed by atoms with Crippen molar-refractivity contribution in [3.8, 4) is 11.6 Å². The van der Waals surface area contributed by atoms with Crippen LogP contribution < -0.4 is 9.80 Å². The number of benzene rings is 1. The van der Waals surface area contributed by atoms with E-state index in [2.05, 4.69) is 47.7 Å². The third-order valence-corrected chi connectivity index (χ3v) is 6.19. The van der Waals surface area contributed by atoms with Gasteiger partial charge in [0.1, 0.15) is 5.82 Å². The topological polar surface area (TPSA) is 62.7 Å². The standard InChI is InChI=1S/C23H25ClN6O/c1-4-18-16(3)25-23-26-21(20-6-5-13-31-20)27-30(23)22(18)29-11-9-28(10-12-29)19-14-17(24)8-7-15(19)2/h5-8,13-14H,4,9-12H2,1-3H3. The molecule has 1 aliphatic heterocycles. The number of nitrogens with zero attached hydrogens (tertiary/aromatic N) is 6. The molecule has 0 unspecified atom stereocenters. The largest absolute Gasteiger partial charge is 0.461 e. The van der Waals surface area contributed by atoms with Gasteiger partial charge in [-0.15, -0.1) is 5.10 Å². The number of fused-ring (bicyclic) bond motifs is 1. The first kappa shape index (κ1) is 19.9. The summed E-state index contributed by atoms with van der Waals surface area (Å²) in [6.45, 7) is 9.93. The predicted molar refractivity (Wildman–Crippen MR) is 123 cm³/mol. The van der Waals surface area contributed by atoms with Gasteiger partial charge in [-0.3, -0.25) is 0 Å². The second kappa shape index (κ2) is 7.89. The van der Waals surface area contributed by atoms with E-state index in [4.69, 9.17) is 26.1 Å². The number of aromatic nitrogens is 4. The Hall–Kier alpha value is -3.06. The quantitative estimate of drug-likeness (QED) is 0.468. The molecule has 4 aromatic rings. The monoisotopic (exact) mass is 436 g/mol.